The molecule has 1 saturated heterocycles. The fraction of sp³-hybridized carbons (Fsp3) is 0.364. The number of anilines is 1. The highest BCUT2D eigenvalue weighted by Crippen LogP contribution is 2.23. The normalized spacial score (nSPS) is 16.5. The first-order valence-electron chi connectivity index (χ1n) is 9.98. The molecule has 0 bridgehead atoms. The van der Waals surface area contributed by atoms with E-state index < -0.39 is 16.1 Å². The van der Waals surface area contributed by atoms with Crippen LogP contribution in [0.3, 0.4) is 0 Å². The Balaban J connectivity index is 1.78. The second-order valence-electron chi connectivity index (χ2n) is 7.82. The fourth-order valence-corrected chi connectivity index (χ4v) is 4.53. The number of rotatable bonds is 6. The topological polar surface area (TPSA) is 95.6 Å². The summed E-state index contributed by atoms with van der Waals surface area (Å²) in [4.78, 5) is 27.2. The molecule has 0 spiro atoms. The Morgan fingerprint density at radius 2 is 1.80 bits per heavy atom. The van der Waals surface area contributed by atoms with Gasteiger partial charge in [-0.25, -0.2) is 8.42 Å². The molecule has 1 unspecified atom stereocenters. The second kappa shape index (κ2) is 8.87. The average Bonchev–Trinajstić information content (AvgIpc) is 3.17. The van der Waals surface area contributed by atoms with Gasteiger partial charge in [0.25, 0.3) is 15.9 Å². The van der Waals surface area contributed by atoms with Gasteiger partial charge in [0.05, 0.1) is 4.90 Å². The van der Waals surface area contributed by atoms with Gasteiger partial charge in [0.1, 0.15) is 6.04 Å². The Hall–Kier alpha value is -2.87. The molecule has 7 nitrogen and oxygen atoms in total. The van der Waals surface area contributed by atoms with Crippen LogP contribution in [0, 0.1) is 6.92 Å². The van der Waals surface area contributed by atoms with Crippen LogP contribution in [0.15, 0.2) is 53.4 Å². The van der Waals surface area contributed by atoms with Crippen molar-refractivity contribution in [1.82, 2.24) is 10.2 Å². The summed E-state index contributed by atoms with van der Waals surface area (Å²) < 4.78 is 27.8. The zero-order valence-electron chi connectivity index (χ0n) is 17.4. The zero-order valence-corrected chi connectivity index (χ0v) is 18.2. The van der Waals surface area contributed by atoms with Crippen LogP contribution in [-0.4, -0.2) is 43.8 Å². The summed E-state index contributed by atoms with van der Waals surface area (Å²) in [6.45, 7) is 6.13. The van der Waals surface area contributed by atoms with Gasteiger partial charge in [-0.2, -0.15) is 0 Å². The van der Waals surface area contributed by atoms with Gasteiger partial charge < -0.3 is 10.2 Å². The molecule has 2 amide bonds. The molecule has 30 heavy (non-hydrogen) atoms. The van der Waals surface area contributed by atoms with Gasteiger partial charge in [-0.1, -0.05) is 23.8 Å². The summed E-state index contributed by atoms with van der Waals surface area (Å²) in [5, 5.41) is 2.86. The first kappa shape index (κ1) is 21.8. The maximum absolute atomic E-state index is 13.0. The van der Waals surface area contributed by atoms with Crippen molar-refractivity contribution in [1.29, 1.82) is 0 Å². The Morgan fingerprint density at radius 1 is 1.10 bits per heavy atom. The minimum Gasteiger partial charge on any atom is -0.352 e. The van der Waals surface area contributed by atoms with Crippen LogP contribution < -0.4 is 10.0 Å². The Morgan fingerprint density at radius 3 is 2.47 bits per heavy atom. The zero-order chi connectivity index (χ0) is 21.9. The van der Waals surface area contributed by atoms with E-state index in [1.807, 2.05) is 20.8 Å². The van der Waals surface area contributed by atoms with Crippen LogP contribution in [-0.2, 0) is 14.8 Å². The molecule has 8 heteroatoms. The predicted octanol–water partition coefficient (Wildman–Crippen LogP) is 2.93. The van der Waals surface area contributed by atoms with Gasteiger partial charge in [0.15, 0.2) is 0 Å². The number of benzene rings is 2. The van der Waals surface area contributed by atoms with Crippen molar-refractivity contribution >= 4 is 27.5 Å². The van der Waals surface area contributed by atoms with Gasteiger partial charge in [0.2, 0.25) is 5.91 Å². The SMILES string of the molecule is Cc1ccc(S(=O)(=O)Nc2cccc(C(=O)N3CCCC3C(=O)NC(C)C)c2)cc1. The standard InChI is InChI=1S/C22H27N3O4S/c1-15(2)23-21(26)20-8-5-13-25(20)22(27)17-6-4-7-18(14-17)24-30(28,29)19-11-9-16(3)10-12-19/h4,6-7,9-12,14-15,20,24H,5,8,13H2,1-3H3,(H,23,26). The monoisotopic (exact) mass is 429 g/mol. The summed E-state index contributed by atoms with van der Waals surface area (Å²) in [6, 6.07) is 12.4. The van der Waals surface area contributed by atoms with E-state index >= 15 is 0 Å². The lowest BCUT2D eigenvalue weighted by Gasteiger charge is -2.25. The third-order valence-electron chi connectivity index (χ3n) is 4.94. The van der Waals surface area contributed by atoms with E-state index in [-0.39, 0.29) is 22.8 Å². The molecular formula is C22H27N3O4S. The number of nitrogens with one attached hydrogen (secondary N) is 2. The molecule has 2 aromatic carbocycles. The quantitative estimate of drug-likeness (QED) is 0.738. The molecule has 0 aliphatic carbocycles. The number of hydrogen-bond donors (Lipinski definition) is 2. The molecule has 3 rings (SSSR count). The highest BCUT2D eigenvalue weighted by molar-refractivity contribution is 7.92. The van der Waals surface area contributed by atoms with E-state index in [4.69, 9.17) is 0 Å². The van der Waals surface area contributed by atoms with Crippen molar-refractivity contribution in [2.45, 2.75) is 50.6 Å². The number of amides is 2. The smallest absolute Gasteiger partial charge is 0.261 e. The van der Waals surface area contributed by atoms with Crippen molar-refractivity contribution < 1.29 is 18.0 Å². The van der Waals surface area contributed by atoms with E-state index in [2.05, 4.69) is 10.0 Å². The van der Waals surface area contributed by atoms with Crippen molar-refractivity contribution in [2.24, 2.45) is 0 Å². The van der Waals surface area contributed by atoms with Crippen LogP contribution in [0.25, 0.3) is 0 Å². The van der Waals surface area contributed by atoms with Crippen molar-refractivity contribution in [3.63, 3.8) is 0 Å². The van der Waals surface area contributed by atoms with Crippen LogP contribution in [0.4, 0.5) is 5.69 Å². The highest BCUT2D eigenvalue weighted by Gasteiger charge is 2.34. The lowest BCUT2D eigenvalue weighted by Crippen LogP contribution is -2.47. The van der Waals surface area contributed by atoms with E-state index in [1.54, 1.807) is 35.2 Å². The molecule has 1 aliphatic rings. The van der Waals surface area contributed by atoms with Gasteiger partial charge in [-0.05, 0) is 63.9 Å². The number of aryl methyl sites for hydroxylation is 1. The Bertz CT molecular complexity index is 1030. The number of sulfonamides is 1. The minimum absolute atomic E-state index is 0.00504. The molecular weight excluding hydrogens is 402 g/mol. The minimum atomic E-state index is -3.77. The first-order chi connectivity index (χ1) is 14.2. The molecule has 1 atom stereocenters. The third kappa shape index (κ3) is 4.99. The maximum atomic E-state index is 13.0. The molecule has 2 N–H and O–H groups in total. The summed E-state index contributed by atoms with van der Waals surface area (Å²) in [5.41, 5.74) is 1.59. The molecule has 1 fully saturated rings. The number of likely N-dealkylation sites (tertiary alicyclic amines) is 1. The van der Waals surface area contributed by atoms with Crippen LogP contribution >= 0.6 is 0 Å². The number of carbonyl (C=O) groups is 2. The third-order valence-corrected chi connectivity index (χ3v) is 6.34. The Kier molecular flexibility index (Phi) is 6.45. The lowest BCUT2D eigenvalue weighted by molar-refractivity contribution is -0.125. The van der Waals surface area contributed by atoms with Crippen LogP contribution in [0.5, 0.6) is 0 Å². The van der Waals surface area contributed by atoms with E-state index in [1.165, 1.54) is 18.2 Å². The van der Waals surface area contributed by atoms with Crippen molar-refractivity contribution in [3.05, 3.63) is 59.7 Å². The van der Waals surface area contributed by atoms with Gasteiger partial charge in [0, 0.05) is 23.8 Å². The molecule has 0 aromatic heterocycles. The van der Waals surface area contributed by atoms with Gasteiger partial charge >= 0.3 is 0 Å². The van der Waals surface area contributed by atoms with Gasteiger partial charge in [-0.15, -0.1) is 0 Å². The number of hydrogen-bond acceptors (Lipinski definition) is 4. The van der Waals surface area contributed by atoms with Crippen molar-refractivity contribution in [3.8, 4) is 0 Å². The summed E-state index contributed by atoms with van der Waals surface area (Å²) in [7, 11) is -3.77. The highest BCUT2D eigenvalue weighted by atomic mass is 32.2. The van der Waals surface area contributed by atoms with Crippen molar-refractivity contribution in [2.75, 3.05) is 11.3 Å². The lowest BCUT2D eigenvalue weighted by atomic mass is 10.1. The number of carbonyl (C=O) groups excluding carboxylic acids is 2. The molecule has 2 aromatic rings. The molecule has 1 heterocycles. The van der Waals surface area contributed by atoms with E-state index in [0.717, 1.165) is 12.0 Å². The predicted molar refractivity (Wildman–Crippen MR) is 116 cm³/mol. The summed E-state index contributed by atoms with van der Waals surface area (Å²) in [5.74, 6) is -0.445. The second-order valence-corrected chi connectivity index (χ2v) is 9.50. The average molecular weight is 430 g/mol. The molecule has 0 radical (unpaired) electrons. The van der Waals surface area contributed by atoms with Crippen LogP contribution in [0.2, 0.25) is 0 Å². The summed E-state index contributed by atoms with van der Waals surface area (Å²) >= 11 is 0. The Labute approximate surface area is 177 Å². The van der Waals surface area contributed by atoms with Crippen LogP contribution in [0.1, 0.15) is 42.6 Å². The van der Waals surface area contributed by atoms with Gasteiger partial charge in [-0.3, -0.25) is 14.3 Å². The van der Waals surface area contributed by atoms with E-state index in [0.29, 0.717) is 24.2 Å². The van der Waals surface area contributed by atoms with E-state index in [9.17, 15) is 18.0 Å². The fourth-order valence-electron chi connectivity index (χ4n) is 3.48. The number of nitrogens with zero attached hydrogens (tertiary/aromatic N) is 1. The summed E-state index contributed by atoms with van der Waals surface area (Å²) in [6.07, 6.45) is 1.37. The molecule has 0 saturated carbocycles. The first-order valence-corrected chi connectivity index (χ1v) is 11.5. The molecule has 1 aliphatic heterocycles. The molecule has 160 valence electrons. The maximum Gasteiger partial charge on any atom is 0.261 e. The largest absolute Gasteiger partial charge is 0.352 e.